The average molecular weight is 267 g/mol. The van der Waals surface area contributed by atoms with E-state index >= 15 is 0 Å². The summed E-state index contributed by atoms with van der Waals surface area (Å²) in [6, 6.07) is 11.0. The Labute approximate surface area is 115 Å². The lowest BCUT2D eigenvalue weighted by molar-refractivity contribution is 0.250. The number of rotatable bonds is 8. The molecule has 0 radical (unpaired) electrons. The first-order chi connectivity index (χ1) is 8.69. The lowest BCUT2D eigenvalue weighted by Gasteiger charge is -2.25. The van der Waals surface area contributed by atoms with Crippen molar-refractivity contribution in [2.75, 3.05) is 18.9 Å². The number of hydrogen-bond donors (Lipinski definition) is 2. The molecule has 0 fully saturated rings. The highest BCUT2D eigenvalue weighted by molar-refractivity contribution is 7.99. The van der Waals surface area contributed by atoms with Crippen LogP contribution in [0, 0.1) is 5.92 Å². The maximum Gasteiger partial charge on any atom is 0.0464 e. The summed E-state index contributed by atoms with van der Waals surface area (Å²) in [5, 5.41) is 13.1. The lowest BCUT2D eigenvalue weighted by atomic mass is 10.0. The molecule has 102 valence electrons. The molecule has 0 aliphatic rings. The summed E-state index contributed by atoms with van der Waals surface area (Å²) in [7, 11) is 0. The molecule has 0 spiro atoms. The minimum atomic E-state index is 0.275. The quantitative estimate of drug-likeness (QED) is 0.759. The van der Waals surface area contributed by atoms with Gasteiger partial charge in [-0.1, -0.05) is 51.1 Å². The molecule has 0 aliphatic carbocycles. The third-order valence-corrected chi connectivity index (χ3v) is 4.57. The zero-order valence-corrected chi connectivity index (χ0v) is 12.4. The van der Waals surface area contributed by atoms with Gasteiger partial charge in [0.2, 0.25) is 0 Å². The Morgan fingerprint density at radius 3 is 2.44 bits per heavy atom. The molecule has 1 aromatic carbocycles. The first-order valence-corrected chi connectivity index (χ1v) is 7.74. The molecule has 2 nitrogen and oxygen atoms in total. The summed E-state index contributed by atoms with van der Waals surface area (Å²) in [6.45, 7) is 7.74. The van der Waals surface area contributed by atoms with Gasteiger partial charge in [0, 0.05) is 17.9 Å². The minimum Gasteiger partial charge on any atom is -0.396 e. The predicted octanol–water partition coefficient (Wildman–Crippen LogP) is 3.09. The zero-order chi connectivity index (χ0) is 13.4. The van der Waals surface area contributed by atoms with E-state index < -0.39 is 0 Å². The summed E-state index contributed by atoms with van der Waals surface area (Å²) in [5.74, 6) is 1.38. The van der Waals surface area contributed by atoms with Gasteiger partial charge in [-0.05, 0) is 23.8 Å². The van der Waals surface area contributed by atoms with E-state index in [1.54, 1.807) is 0 Å². The van der Waals surface area contributed by atoms with Crippen LogP contribution < -0.4 is 5.32 Å². The molecule has 2 N–H and O–H groups in total. The first kappa shape index (κ1) is 15.5. The Balaban J connectivity index is 2.61. The van der Waals surface area contributed by atoms with Crippen molar-refractivity contribution in [1.82, 2.24) is 5.32 Å². The van der Waals surface area contributed by atoms with Gasteiger partial charge in [-0.2, -0.15) is 11.8 Å². The van der Waals surface area contributed by atoms with Gasteiger partial charge in [0.25, 0.3) is 0 Å². The molecule has 3 heteroatoms. The summed E-state index contributed by atoms with van der Waals surface area (Å²) in [5.41, 5.74) is 1.34. The topological polar surface area (TPSA) is 32.3 Å². The number of aliphatic hydroxyl groups is 1. The average Bonchev–Trinajstić information content (AvgIpc) is 2.42. The number of aliphatic hydroxyl groups excluding tert-OH is 1. The van der Waals surface area contributed by atoms with Crippen LogP contribution in [0.25, 0.3) is 0 Å². The number of benzene rings is 1. The van der Waals surface area contributed by atoms with Gasteiger partial charge >= 0.3 is 0 Å². The second kappa shape index (κ2) is 8.57. The number of thioether (sulfide) groups is 1. The maximum atomic E-state index is 9.08. The minimum absolute atomic E-state index is 0.275. The van der Waals surface area contributed by atoms with Crippen LogP contribution in [0.3, 0.4) is 0 Å². The van der Waals surface area contributed by atoms with Gasteiger partial charge < -0.3 is 10.4 Å². The number of nitrogens with one attached hydrogen (secondary N) is 1. The fourth-order valence-corrected chi connectivity index (χ4v) is 3.08. The van der Waals surface area contributed by atoms with Crippen LogP contribution in [0.1, 0.15) is 32.4 Å². The van der Waals surface area contributed by atoms with Crippen molar-refractivity contribution in [2.24, 2.45) is 5.92 Å². The van der Waals surface area contributed by atoms with E-state index in [2.05, 4.69) is 56.4 Å². The predicted molar refractivity (Wildman–Crippen MR) is 81.0 cm³/mol. The molecule has 0 saturated carbocycles. The van der Waals surface area contributed by atoms with Crippen LogP contribution in [0.5, 0.6) is 0 Å². The van der Waals surface area contributed by atoms with Crippen molar-refractivity contribution < 1.29 is 5.11 Å². The Morgan fingerprint density at radius 2 is 1.89 bits per heavy atom. The Bertz CT molecular complexity index is 318. The third kappa shape index (κ3) is 5.01. The van der Waals surface area contributed by atoms with Gasteiger partial charge in [0.05, 0.1) is 0 Å². The number of hydrogen-bond acceptors (Lipinski definition) is 3. The van der Waals surface area contributed by atoms with Crippen LogP contribution in [-0.4, -0.2) is 29.3 Å². The summed E-state index contributed by atoms with van der Waals surface area (Å²) in [4.78, 5) is 0. The summed E-state index contributed by atoms with van der Waals surface area (Å²) < 4.78 is 0. The van der Waals surface area contributed by atoms with E-state index in [0.29, 0.717) is 17.2 Å². The smallest absolute Gasteiger partial charge is 0.0464 e. The Kier molecular flexibility index (Phi) is 7.40. The molecule has 0 aromatic heterocycles. The third-order valence-electron chi connectivity index (χ3n) is 3.01. The highest BCUT2D eigenvalue weighted by atomic mass is 32.2. The van der Waals surface area contributed by atoms with E-state index in [-0.39, 0.29) is 6.61 Å². The standard InChI is InChI=1S/C15H25NOS/c1-4-16-15(14-8-6-5-7-9-14)13(3)18-11-12(2)10-17/h5-9,12-13,15-17H,4,10-11H2,1-3H3. The molecular weight excluding hydrogens is 242 g/mol. The van der Waals surface area contributed by atoms with Crippen molar-refractivity contribution in [3.05, 3.63) is 35.9 Å². The Hall–Kier alpha value is -0.510. The molecule has 0 heterocycles. The lowest BCUT2D eigenvalue weighted by Crippen LogP contribution is -2.29. The summed E-state index contributed by atoms with van der Waals surface area (Å²) >= 11 is 1.93. The molecule has 3 atom stereocenters. The van der Waals surface area contributed by atoms with Gasteiger partial charge in [-0.3, -0.25) is 0 Å². The second-order valence-electron chi connectivity index (χ2n) is 4.77. The fraction of sp³-hybridized carbons (Fsp3) is 0.600. The van der Waals surface area contributed by atoms with Crippen LogP contribution in [-0.2, 0) is 0 Å². The van der Waals surface area contributed by atoms with Crippen molar-refractivity contribution in [3.8, 4) is 0 Å². The van der Waals surface area contributed by atoms with Gasteiger partial charge in [-0.15, -0.1) is 0 Å². The van der Waals surface area contributed by atoms with Crippen molar-refractivity contribution in [1.29, 1.82) is 0 Å². The van der Waals surface area contributed by atoms with E-state index in [1.807, 2.05) is 11.8 Å². The van der Waals surface area contributed by atoms with Crippen LogP contribution in [0.2, 0.25) is 0 Å². The maximum absolute atomic E-state index is 9.08. The van der Waals surface area contributed by atoms with E-state index in [0.717, 1.165) is 12.3 Å². The fourth-order valence-electron chi connectivity index (χ4n) is 1.90. The molecule has 0 amide bonds. The monoisotopic (exact) mass is 267 g/mol. The first-order valence-electron chi connectivity index (χ1n) is 6.69. The van der Waals surface area contributed by atoms with Crippen LogP contribution >= 0.6 is 11.8 Å². The molecule has 0 saturated heterocycles. The van der Waals surface area contributed by atoms with Crippen LogP contribution in [0.15, 0.2) is 30.3 Å². The van der Waals surface area contributed by atoms with E-state index in [1.165, 1.54) is 5.56 Å². The molecule has 0 bridgehead atoms. The van der Waals surface area contributed by atoms with Crippen LogP contribution in [0.4, 0.5) is 0 Å². The summed E-state index contributed by atoms with van der Waals surface area (Å²) in [6.07, 6.45) is 0. The van der Waals surface area contributed by atoms with Gasteiger partial charge in [0.15, 0.2) is 0 Å². The Morgan fingerprint density at radius 1 is 1.22 bits per heavy atom. The van der Waals surface area contributed by atoms with Gasteiger partial charge in [-0.25, -0.2) is 0 Å². The van der Waals surface area contributed by atoms with E-state index in [4.69, 9.17) is 5.11 Å². The molecule has 1 rings (SSSR count). The SMILES string of the molecule is CCNC(c1ccccc1)C(C)SCC(C)CO. The normalized spacial score (nSPS) is 16.2. The molecule has 18 heavy (non-hydrogen) atoms. The van der Waals surface area contributed by atoms with Gasteiger partial charge in [0.1, 0.15) is 0 Å². The van der Waals surface area contributed by atoms with Crippen molar-refractivity contribution in [3.63, 3.8) is 0 Å². The van der Waals surface area contributed by atoms with E-state index in [9.17, 15) is 0 Å². The molecule has 3 unspecified atom stereocenters. The molecular formula is C15H25NOS. The zero-order valence-electron chi connectivity index (χ0n) is 11.6. The highest BCUT2D eigenvalue weighted by Gasteiger charge is 2.19. The largest absolute Gasteiger partial charge is 0.396 e. The molecule has 0 aliphatic heterocycles. The molecule has 1 aromatic rings. The second-order valence-corrected chi connectivity index (χ2v) is 6.18. The van der Waals surface area contributed by atoms with Crippen molar-refractivity contribution in [2.45, 2.75) is 32.1 Å². The highest BCUT2D eigenvalue weighted by Crippen LogP contribution is 2.27. The van der Waals surface area contributed by atoms with Crippen molar-refractivity contribution >= 4 is 11.8 Å².